The third-order valence-corrected chi connectivity index (χ3v) is 6.43. The van der Waals surface area contributed by atoms with Gasteiger partial charge in [-0.2, -0.15) is 0 Å². The van der Waals surface area contributed by atoms with Crippen molar-refractivity contribution in [2.24, 2.45) is 4.99 Å². The minimum absolute atomic E-state index is 0.0166. The molecule has 0 spiro atoms. The van der Waals surface area contributed by atoms with Crippen molar-refractivity contribution in [3.63, 3.8) is 0 Å². The summed E-state index contributed by atoms with van der Waals surface area (Å²) in [5.41, 5.74) is 5.72. The number of hydrogen-bond acceptors (Lipinski definition) is 6. The second-order valence-electron chi connectivity index (χ2n) is 9.12. The molecule has 2 aliphatic rings. The fourth-order valence-electron chi connectivity index (χ4n) is 4.66. The molecule has 0 atom stereocenters. The third-order valence-electron chi connectivity index (χ3n) is 6.43. The maximum atomic E-state index is 12.4. The van der Waals surface area contributed by atoms with Crippen molar-refractivity contribution in [2.45, 2.75) is 40.5 Å². The summed E-state index contributed by atoms with van der Waals surface area (Å²) >= 11 is 0. The molecule has 8 nitrogen and oxygen atoms in total. The van der Waals surface area contributed by atoms with Crippen LogP contribution in [0.1, 0.15) is 48.2 Å². The average molecular weight is 517 g/mol. The number of nitrogens with zero attached hydrogens (tertiary/aromatic N) is 1. The minimum atomic E-state index is -1.09. The highest BCUT2D eigenvalue weighted by Gasteiger charge is 2.21. The smallest absolute Gasteiger partial charge is 0.336 e. The molecule has 2 aromatic rings. The van der Waals surface area contributed by atoms with Crippen molar-refractivity contribution in [1.29, 1.82) is 0 Å². The SMILES string of the molecule is CCN=c1cc2oc3cc(NCC)c(C)c(-c4ccc(OCCCC(=O)O)cc4C(=O)O)c3cc-2cc1C. The molecule has 0 bridgehead atoms. The summed E-state index contributed by atoms with van der Waals surface area (Å²) in [7, 11) is 0. The van der Waals surface area contributed by atoms with E-state index in [0.717, 1.165) is 38.7 Å². The summed E-state index contributed by atoms with van der Waals surface area (Å²) in [6.07, 6.45) is 0.312. The van der Waals surface area contributed by atoms with Gasteiger partial charge in [0.1, 0.15) is 17.1 Å². The third kappa shape index (κ3) is 5.49. The van der Waals surface area contributed by atoms with E-state index in [2.05, 4.69) is 10.3 Å². The van der Waals surface area contributed by atoms with Crippen LogP contribution in [0.25, 0.3) is 33.4 Å². The number of aliphatic carboxylic acids is 1. The molecular formula is C30H32N2O6. The number of fused-ring (bicyclic) bond motifs is 2. The summed E-state index contributed by atoms with van der Waals surface area (Å²) in [5.74, 6) is -0.908. The van der Waals surface area contributed by atoms with Crippen LogP contribution in [0.15, 0.2) is 51.9 Å². The van der Waals surface area contributed by atoms with E-state index in [1.165, 1.54) is 6.07 Å². The first kappa shape index (κ1) is 26.7. The lowest BCUT2D eigenvalue weighted by Crippen LogP contribution is -2.08. The quantitative estimate of drug-likeness (QED) is 0.172. The number of hydrogen-bond donors (Lipinski definition) is 3. The first-order valence-electron chi connectivity index (χ1n) is 12.7. The summed E-state index contributed by atoms with van der Waals surface area (Å²) in [4.78, 5) is 27.7. The van der Waals surface area contributed by atoms with Crippen molar-refractivity contribution < 1.29 is 29.0 Å². The van der Waals surface area contributed by atoms with Crippen molar-refractivity contribution >= 4 is 28.6 Å². The molecule has 1 aliphatic carbocycles. The number of ether oxygens (including phenoxy) is 1. The fraction of sp³-hybridized carbons (Fsp3) is 0.300. The zero-order valence-corrected chi connectivity index (χ0v) is 22.1. The Balaban J connectivity index is 1.93. The van der Waals surface area contributed by atoms with E-state index in [1.807, 2.05) is 52.0 Å². The van der Waals surface area contributed by atoms with Gasteiger partial charge >= 0.3 is 11.9 Å². The predicted molar refractivity (Wildman–Crippen MR) is 147 cm³/mol. The highest BCUT2D eigenvalue weighted by atomic mass is 16.5. The molecule has 0 unspecified atom stereocenters. The van der Waals surface area contributed by atoms with Gasteiger partial charge < -0.3 is 24.7 Å². The predicted octanol–water partition coefficient (Wildman–Crippen LogP) is 6.12. The second-order valence-corrected chi connectivity index (χ2v) is 9.12. The molecule has 3 N–H and O–H groups in total. The maximum absolute atomic E-state index is 12.4. The lowest BCUT2D eigenvalue weighted by molar-refractivity contribution is -0.137. The van der Waals surface area contributed by atoms with Crippen molar-refractivity contribution in [3.8, 4) is 28.2 Å². The van der Waals surface area contributed by atoms with E-state index in [1.54, 1.807) is 12.1 Å². The van der Waals surface area contributed by atoms with E-state index in [4.69, 9.17) is 14.3 Å². The molecule has 4 rings (SSSR count). The fourth-order valence-corrected chi connectivity index (χ4v) is 4.66. The zero-order chi connectivity index (χ0) is 27.4. The van der Waals surface area contributed by atoms with E-state index < -0.39 is 11.9 Å². The van der Waals surface area contributed by atoms with Crippen LogP contribution in [-0.4, -0.2) is 41.8 Å². The van der Waals surface area contributed by atoms with Gasteiger partial charge in [0.15, 0.2) is 0 Å². The van der Waals surface area contributed by atoms with Gasteiger partial charge in [-0.15, -0.1) is 0 Å². The van der Waals surface area contributed by atoms with Crippen molar-refractivity contribution in [3.05, 3.63) is 64.5 Å². The molecule has 0 fully saturated rings. The summed E-state index contributed by atoms with van der Waals surface area (Å²) in [6.45, 7) is 9.51. The first-order valence-corrected chi connectivity index (χ1v) is 12.7. The molecule has 8 heteroatoms. The van der Waals surface area contributed by atoms with Gasteiger partial charge in [0.25, 0.3) is 0 Å². The van der Waals surface area contributed by atoms with Crippen LogP contribution >= 0.6 is 0 Å². The number of carboxylic acids is 2. The van der Waals surface area contributed by atoms with Gasteiger partial charge in [-0.05, 0) is 86.7 Å². The number of carbonyl (C=O) groups is 2. The Bertz CT molecular complexity index is 1550. The van der Waals surface area contributed by atoms with Crippen LogP contribution in [0, 0.1) is 13.8 Å². The van der Waals surface area contributed by atoms with Gasteiger partial charge in [-0.25, -0.2) is 4.79 Å². The van der Waals surface area contributed by atoms with Gasteiger partial charge in [-0.1, -0.05) is 0 Å². The minimum Gasteiger partial charge on any atom is -0.494 e. The molecule has 1 heterocycles. The number of benzene rings is 3. The lowest BCUT2D eigenvalue weighted by atomic mass is 9.90. The molecule has 0 saturated carbocycles. The number of nitrogens with one attached hydrogen (secondary N) is 1. The Hall–Kier alpha value is -4.33. The van der Waals surface area contributed by atoms with E-state index >= 15 is 0 Å². The van der Waals surface area contributed by atoms with Crippen LogP contribution in [0.4, 0.5) is 5.69 Å². The van der Waals surface area contributed by atoms with Crippen LogP contribution in [0.3, 0.4) is 0 Å². The standard InChI is InChI=1S/C30H32N2O6/c1-5-31-24-15-26-19(12-17(24)3)13-23-27(38-26)16-25(32-6-2)18(4)29(23)21-10-9-20(14-22(21)30(35)36)37-11-7-8-28(33)34/h9-10,12-16,32H,5-8,11H2,1-4H3,(H,33,34)(H,35,36). The van der Waals surface area contributed by atoms with Crippen LogP contribution in [0.2, 0.25) is 0 Å². The zero-order valence-electron chi connectivity index (χ0n) is 22.1. The van der Waals surface area contributed by atoms with E-state index in [-0.39, 0.29) is 18.6 Å². The molecule has 198 valence electrons. The highest BCUT2D eigenvalue weighted by Crippen LogP contribution is 2.41. The van der Waals surface area contributed by atoms with Crippen molar-refractivity contribution in [1.82, 2.24) is 0 Å². The first-order chi connectivity index (χ1) is 18.2. The van der Waals surface area contributed by atoms with Crippen molar-refractivity contribution in [2.75, 3.05) is 25.0 Å². The Morgan fingerprint density at radius 1 is 1.05 bits per heavy atom. The largest absolute Gasteiger partial charge is 0.494 e. The van der Waals surface area contributed by atoms with Crippen LogP contribution in [-0.2, 0) is 4.79 Å². The van der Waals surface area contributed by atoms with E-state index in [9.17, 15) is 14.7 Å². The number of anilines is 1. The molecule has 0 saturated heterocycles. The Morgan fingerprint density at radius 3 is 2.53 bits per heavy atom. The monoisotopic (exact) mass is 516 g/mol. The van der Waals surface area contributed by atoms with Crippen LogP contribution in [0.5, 0.6) is 5.75 Å². The molecular weight excluding hydrogens is 484 g/mol. The summed E-state index contributed by atoms with van der Waals surface area (Å²) < 4.78 is 12.0. The molecule has 0 amide bonds. The number of aromatic carboxylic acids is 1. The van der Waals surface area contributed by atoms with Gasteiger partial charge in [-0.3, -0.25) is 9.79 Å². The highest BCUT2D eigenvalue weighted by molar-refractivity contribution is 6.06. The Labute approximate surface area is 220 Å². The van der Waals surface area contributed by atoms with Crippen LogP contribution < -0.4 is 15.4 Å². The Kier molecular flexibility index (Phi) is 8.00. The van der Waals surface area contributed by atoms with Gasteiger partial charge in [0.2, 0.25) is 0 Å². The molecule has 0 aromatic heterocycles. The second kappa shape index (κ2) is 11.4. The van der Waals surface area contributed by atoms with E-state index in [0.29, 0.717) is 42.2 Å². The Morgan fingerprint density at radius 2 is 1.84 bits per heavy atom. The summed E-state index contributed by atoms with van der Waals surface area (Å²) in [5, 5.41) is 24.0. The summed E-state index contributed by atoms with van der Waals surface area (Å²) in [6, 6.07) is 12.9. The number of aryl methyl sites for hydroxylation is 1. The normalized spacial score (nSPS) is 11.7. The maximum Gasteiger partial charge on any atom is 0.336 e. The molecule has 2 aromatic carbocycles. The lowest BCUT2D eigenvalue weighted by Gasteiger charge is -2.19. The molecule has 38 heavy (non-hydrogen) atoms. The topological polar surface area (TPSA) is 121 Å². The number of carboxylic acid groups (broad SMARTS) is 2. The van der Waals surface area contributed by atoms with Gasteiger partial charge in [0.05, 0.1) is 17.5 Å². The van der Waals surface area contributed by atoms with Gasteiger partial charge in [0, 0.05) is 48.3 Å². The average Bonchev–Trinajstić information content (AvgIpc) is 2.87. The molecule has 0 radical (unpaired) electrons. The number of rotatable bonds is 10. The molecule has 1 aliphatic heterocycles.